The van der Waals surface area contributed by atoms with Gasteiger partial charge in [0.05, 0.1) is 0 Å². The van der Waals surface area contributed by atoms with Gasteiger partial charge in [-0.3, -0.25) is 9.80 Å². The predicted molar refractivity (Wildman–Crippen MR) is 72.9 cm³/mol. The Morgan fingerprint density at radius 1 is 1.37 bits per heavy atom. The van der Waals surface area contributed by atoms with E-state index in [1.807, 2.05) is 0 Å². The molecule has 2 saturated heterocycles. The second kappa shape index (κ2) is 6.01. The molecule has 2 atom stereocenters. The third-order valence-electron chi connectivity index (χ3n) is 4.65. The molecular weight excluding hydrogens is 240 g/mol. The number of rotatable bonds is 4. The molecule has 0 bridgehead atoms. The molecule has 3 rings (SSSR count). The Balaban J connectivity index is 1.59. The van der Waals surface area contributed by atoms with Crippen LogP contribution in [0.4, 0.5) is 0 Å². The molecule has 0 aliphatic carbocycles. The zero-order valence-electron chi connectivity index (χ0n) is 11.8. The molecule has 106 valence electrons. The zero-order chi connectivity index (χ0) is 13.1. The van der Waals surface area contributed by atoms with Crippen LogP contribution in [0.1, 0.15) is 38.5 Å². The van der Waals surface area contributed by atoms with E-state index in [2.05, 4.69) is 26.9 Å². The first-order valence-corrected chi connectivity index (χ1v) is 7.60. The van der Waals surface area contributed by atoms with Crippen LogP contribution in [0, 0.1) is 0 Å². The van der Waals surface area contributed by atoms with Gasteiger partial charge >= 0.3 is 0 Å². The van der Waals surface area contributed by atoms with Crippen LogP contribution >= 0.6 is 0 Å². The quantitative estimate of drug-likeness (QED) is 0.826. The van der Waals surface area contributed by atoms with Gasteiger partial charge in [-0.05, 0) is 25.8 Å². The molecule has 0 spiro atoms. The summed E-state index contributed by atoms with van der Waals surface area (Å²) in [4.78, 5) is 9.46. The van der Waals surface area contributed by atoms with E-state index in [4.69, 9.17) is 4.52 Å². The maximum atomic E-state index is 5.10. The van der Waals surface area contributed by atoms with Crippen molar-refractivity contribution in [2.75, 3.05) is 26.2 Å². The first-order valence-electron chi connectivity index (χ1n) is 7.60. The van der Waals surface area contributed by atoms with E-state index in [0.717, 1.165) is 24.9 Å². The maximum Gasteiger partial charge on any atom is 0.227 e. The minimum absolute atomic E-state index is 0.692. The third-order valence-corrected chi connectivity index (χ3v) is 4.65. The second-order valence-corrected chi connectivity index (χ2v) is 5.79. The molecule has 0 aromatic carbocycles. The van der Waals surface area contributed by atoms with Gasteiger partial charge in [-0.1, -0.05) is 18.5 Å². The SMILES string of the molecule is CCC1CN2CCCCC2CN1CCc1ncno1. The number of aromatic nitrogens is 2. The Bertz CT molecular complexity index is 381. The first-order chi connectivity index (χ1) is 9.36. The molecule has 3 heterocycles. The van der Waals surface area contributed by atoms with Crippen molar-refractivity contribution in [1.82, 2.24) is 19.9 Å². The number of hydrogen-bond acceptors (Lipinski definition) is 5. The fraction of sp³-hybridized carbons (Fsp3) is 0.857. The van der Waals surface area contributed by atoms with Crippen LogP contribution in [-0.4, -0.2) is 58.2 Å². The lowest BCUT2D eigenvalue weighted by Crippen LogP contribution is -2.59. The van der Waals surface area contributed by atoms with Crippen LogP contribution in [0.3, 0.4) is 0 Å². The zero-order valence-corrected chi connectivity index (χ0v) is 11.8. The van der Waals surface area contributed by atoms with E-state index in [0.29, 0.717) is 6.04 Å². The van der Waals surface area contributed by atoms with Gasteiger partial charge in [0.2, 0.25) is 5.89 Å². The minimum atomic E-state index is 0.692. The van der Waals surface area contributed by atoms with Crippen LogP contribution in [0.2, 0.25) is 0 Å². The lowest BCUT2D eigenvalue weighted by molar-refractivity contribution is 0.00740. The number of fused-ring (bicyclic) bond motifs is 1. The molecule has 2 aliphatic heterocycles. The Labute approximate surface area is 115 Å². The van der Waals surface area contributed by atoms with Crippen molar-refractivity contribution in [2.45, 2.75) is 51.1 Å². The summed E-state index contributed by atoms with van der Waals surface area (Å²) in [5.41, 5.74) is 0. The van der Waals surface area contributed by atoms with Crippen LogP contribution in [0.5, 0.6) is 0 Å². The lowest BCUT2D eigenvalue weighted by atomic mass is 9.95. The van der Waals surface area contributed by atoms with Crippen LogP contribution in [0.15, 0.2) is 10.9 Å². The molecule has 0 amide bonds. The Kier molecular flexibility index (Phi) is 4.13. The summed E-state index contributed by atoms with van der Waals surface area (Å²) in [6, 6.07) is 1.47. The highest BCUT2D eigenvalue weighted by Crippen LogP contribution is 2.25. The molecule has 5 heteroatoms. The number of nitrogens with zero attached hydrogens (tertiary/aromatic N) is 4. The normalized spacial score (nSPS) is 29.3. The van der Waals surface area contributed by atoms with E-state index in [1.54, 1.807) is 0 Å². The van der Waals surface area contributed by atoms with Gasteiger partial charge in [0, 0.05) is 38.1 Å². The standard InChI is InChI=1S/C14H24N4O/c1-2-12-9-17-7-4-3-5-13(17)10-18(12)8-6-14-15-11-16-19-14/h11-13H,2-10H2,1H3. The Morgan fingerprint density at radius 3 is 3.11 bits per heavy atom. The number of hydrogen-bond donors (Lipinski definition) is 0. The molecule has 1 aromatic rings. The van der Waals surface area contributed by atoms with Gasteiger partial charge < -0.3 is 4.52 Å². The highest BCUT2D eigenvalue weighted by atomic mass is 16.5. The second-order valence-electron chi connectivity index (χ2n) is 5.79. The molecule has 2 fully saturated rings. The van der Waals surface area contributed by atoms with E-state index >= 15 is 0 Å². The van der Waals surface area contributed by atoms with Crippen molar-refractivity contribution in [3.05, 3.63) is 12.2 Å². The van der Waals surface area contributed by atoms with Crippen molar-refractivity contribution >= 4 is 0 Å². The fourth-order valence-electron chi connectivity index (χ4n) is 3.52. The number of piperazine rings is 1. The molecule has 1 aromatic heterocycles. The van der Waals surface area contributed by atoms with E-state index < -0.39 is 0 Å². The summed E-state index contributed by atoms with van der Waals surface area (Å²) in [7, 11) is 0. The van der Waals surface area contributed by atoms with Gasteiger partial charge in [0.15, 0.2) is 6.33 Å². The molecule has 2 unspecified atom stereocenters. The monoisotopic (exact) mass is 264 g/mol. The predicted octanol–water partition coefficient (Wildman–Crippen LogP) is 1.56. The van der Waals surface area contributed by atoms with Crippen molar-refractivity contribution < 1.29 is 4.52 Å². The Hall–Kier alpha value is -0.940. The molecule has 19 heavy (non-hydrogen) atoms. The van der Waals surface area contributed by atoms with Gasteiger partial charge in [-0.2, -0.15) is 4.98 Å². The van der Waals surface area contributed by atoms with E-state index in [1.165, 1.54) is 51.6 Å². The number of piperidine rings is 1. The van der Waals surface area contributed by atoms with Crippen molar-refractivity contribution in [1.29, 1.82) is 0 Å². The topological polar surface area (TPSA) is 45.4 Å². The van der Waals surface area contributed by atoms with Crippen molar-refractivity contribution in [2.24, 2.45) is 0 Å². The molecule has 5 nitrogen and oxygen atoms in total. The maximum absolute atomic E-state index is 5.10. The van der Waals surface area contributed by atoms with Gasteiger partial charge in [-0.25, -0.2) is 0 Å². The first kappa shape index (κ1) is 13.1. The largest absolute Gasteiger partial charge is 0.340 e. The fourth-order valence-corrected chi connectivity index (χ4v) is 3.52. The lowest BCUT2D eigenvalue weighted by Gasteiger charge is -2.48. The molecule has 0 saturated carbocycles. The Morgan fingerprint density at radius 2 is 2.32 bits per heavy atom. The third kappa shape index (κ3) is 2.98. The molecule has 0 radical (unpaired) electrons. The van der Waals surface area contributed by atoms with Gasteiger partial charge in [-0.15, -0.1) is 0 Å². The average Bonchev–Trinajstić information content (AvgIpc) is 2.97. The summed E-state index contributed by atoms with van der Waals surface area (Å²) in [5, 5.41) is 3.68. The minimum Gasteiger partial charge on any atom is -0.340 e. The summed E-state index contributed by atoms with van der Waals surface area (Å²) < 4.78 is 5.10. The van der Waals surface area contributed by atoms with Gasteiger partial charge in [0.1, 0.15) is 0 Å². The molecule has 0 N–H and O–H groups in total. The highest BCUT2D eigenvalue weighted by Gasteiger charge is 2.33. The van der Waals surface area contributed by atoms with Crippen LogP contribution < -0.4 is 0 Å². The molecular formula is C14H24N4O. The average molecular weight is 264 g/mol. The summed E-state index contributed by atoms with van der Waals surface area (Å²) in [5.74, 6) is 0.765. The van der Waals surface area contributed by atoms with E-state index in [-0.39, 0.29) is 0 Å². The van der Waals surface area contributed by atoms with E-state index in [9.17, 15) is 0 Å². The highest BCUT2D eigenvalue weighted by molar-refractivity contribution is 4.91. The summed E-state index contributed by atoms with van der Waals surface area (Å²) in [6.07, 6.45) is 7.75. The summed E-state index contributed by atoms with van der Waals surface area (Å²) >= 11 is 0. The van der Waals surface area contributed by atoms with Crippen LogP contribution in [0.25, 0.3) is 0 Å². The van der Waals surface area contributed by atoms with Gasteiger partial charge in [0.25, 0.3) is 0 Å². The van der Waals surface area contributed by atoms with Crippen LogP contribution in [-0.2, 0) is 6.42 Å². The van der Waals surface area contributed by atoms with Crippen molar-refractivity contribution in [3.63, 3.8) is 0 Å². The van der Waals surface area contributed by atoms with Crippen molar-refractivity contribution in [3.8, 4) is 0 Å². The smallest absolute Gasteiger partial charge is 0.227 e. The molecule has 2 aliphatic rings. The summed E-state index contributed by atoms with van der Waals surface area (Å²) in [6.45, 7) is 7.11.